The molecule has 1 aromatic heterocycles. The summed E-state index contributed by atoms with van der Waals surface area (Å²) in [6.45, 7) is 1.94. The van der Waals surface area contributed by atoms with Crippen molar-refractivity contribution in [3.63, 3.8) is 0 Å². The van der Waals surface area contributed by atoms with Gasteiger partial charge in [-0.1, -0.05) is 34.1 Å². The van der Waals surface area contributed by atoms with E-state index in [1.807, 2.05) is 37.3 Å². The molecule has 0 aliphatic carbocycles. The van der Waals surface area contributed by atoms with E-state index in [4.69, 9.17) is 5.26 Å². The van der Waals surface area contributed by atoms with E-state index in [2.05, 4.69) is 32.0 Å². The molecule has 0 bridgehead atoms. The molecule has 0 amide bonds. The third-order valence-electron chi connectivity index (χ3n) is 2.51. The lowest BCUT2D eigenvalue weighted by Gasteiger charge is -2.06. The van der Waals surface area contributed by atoms with Crippen LogP contribution in [-0.2, 0) is 6.42 Å². The van der Waals surface area contributed by atoms with E-state index in [9.17, 15) is 0 Å². The van der Waals surface area contributed by atoms with E-state index < -0.39 is 0 Å². The minimum atomic E-state index is 0.443. The van der Waals surface area contributed by atoms with Crippen LogP contribution in [0.4, 0.5) is 0 Å². The molecule has 1 heterocycles. The van der Waals surface area contributed by atoms with Gasteiger partial charge in [0.2, 0.25) is 0 Å². The molecule has 4 heteroatoms. The summed E-state index contributed by atoms with van der Waals surface area (Å²) >= 11 is 3.52. The Morgan fingerprint density at radius 2 is 2.06 bits per heavy atom. The molecule has 0 radical (unpaired) electrons. The SMILES string of the molecule is Cc1cc(-c2ccccc2Br)nc(CCC#N)n1. The van der Waals surface area contributed by atoms with Gasteiger partial charge in [0.1, 0.15) is 5.82 Å². The molecule has 0 N–H and O–H groups in total. The van der Waals surface area contributed by atoms with Gasteiger partial charge < -0.3 is 0 Å². The number of benzene rings is 1. The number of hydrogen-bond donors (Lipinski definition) is 0. The van der Waals surface area contributed by atoms with Gasteiger partial charge in [0.05, 0.1) is 11.8 Å². The van der Waals surface area contributed by atoms with Crippen molar-refractivity contribution in [2.45, 2.75) is 19.8 Å². The summed E-state index contributed by atoms with van der Waals surface area (Å²) in [4.78, 5) is 8.86. The minimum absolute atomic E-state index is 0.443. The predicted molar refractivity (Wildman–Crippen MR) is 73.8 cm³/mol. The van der Waals surface area contributed by atoms with Crippen molar-refractivity contribution in [3.8, 4) is 17.3 Å². The number of aryl methyl sites for hydroxylation is 2. The highest BCUT2D eigenvalue weighted by Gasteiger charge is 2.07. The van der Waals surface area contributed by atoms with Crippen LogP contribution in [0.2, 0.25) is 0 Å². The highest BCUT2D eigenvalue weighted by molar-refractivity contribution is 9.10. The smallest absolute Gasteiger partial charge is 0.130 e. The molecule has 1 aromatic carbocycles. The van der Waals surface area contributed by atoms with Crippen LogP contribution < -0.4 is 0 Å². The van der Waals surface area contributed by atoms with Gasteiger partial charge >= 0.3 is 0 Å². The molecule has 2 rings (SSSR count). The van der Waals surface area contributed by atoms with Crippen molar-refractivity contribution in [1.29, 1.82) is 5.26 Å². The van der Waals surface area contributed by atoms with E-state index in [1.165, 1.54) is 0 Å². The Kier molecular flexibility index (Phi) is 4.06. The van der Waals surface area contributed by atoms with Crippen molar-refractivity contribution < 1.29 is 0 Å². The first-order valence-electron chi connectivity index (χ1n) is 5.67. The van der Waals surface area contributed by atoms with Crippen LogP contribution in [0.15, 0.2) is 34.8 Å². The Balaban J connectivity index is 2.43. The van der Waals surface area contributed by atoms with Gasteiger partial charge in [-0.05, 0) is 19.1 Å². The number of nitriles is 1. The van der Waals surface area contributed by atoms with Crippen LogP contribution in [0.25, 0.3) is 11.3 Å². The zero-order chi connectivity index (χ0) is 13.0. The number of halogens is 1. The monoisotopic (exact) mass is 301 g/mol. The topological polar surface area (TPSA) is 49.6 Å². The van der Waals surface area contributed by atoms with Crippen molar-refractivity contribution in [2.75, 3.05) is 0 Å². The zero-order valence-corrected chi connectivity index (χ0v) is 11.6. The summed E-state index contributed by atoms with van der Waals surface area (Å²) < 4.78 is 1.01. The van der Waals surface area contributed by atoms with E-state index in [1.54, 1.807) is 0 Å². The van der Waals surface area contributed by atoms with Crippen LogP contribution in [0, 0.1) is 18.3 Å². The Bertz CT molecular complexity index is 602. The third-order valence-corrected chi connectivity index (χ3v) is 3.20. The summed E-state index contributed by atoms with van der Waals surface area (Å²) in [5.41, 5.74) is 2.85. The fraction of sp³-hybridized carbons (Fsp3) is 0.214. The minimum Gasteiger partial charge on any atom is -0.238 e. The normalized spacial score (nSPS) is 10.1. The lowest BCUT2D eigenvalue weighted by molar-refractivity contribution is 0.873. The molecule has 0 saturated carbocycles. The van der Waals surface area contributed by atoms with Gasteiger partial charge in [-0.15, -0.1) is 0 Å². The number of hydrogen-bond acceptors (Lipinski definition) is 3. The molecule has 0 fully saturated rings. The average Bonchev–Trinajstić information content (AvgIpc) is 2.36. The number of nitrogens with zero attached hydrogens (tertiary/aromatic N) is 3. The molecule has 2 aromatic rings. The van der Waals surface area contributed by atoms with Crippen LogP contribution >= 0.6 is 15.9 Å². The van der Waals surface area contributed by atoms with Crippen LogP contribution in [0.1, 0.15) is 17.9 Å². The summed E-state index contributed by atoms with van der Waals surface area (Å²) in [5, 5.41) is 8.61. The predicted octanol–water partition coefficient (Wildman–Crippen LogP) is 3.67. The lowest BCUT2D eigenvalue weighted by Crippen LogP contribution is -1.99. The second-order valence-electron chi connectivity index (χ2n) is 3.95. The fourth-order valence-corrected chi connectivity index (χ4v) is 2.20. The lowest BCUT2D eigenvalue weighted by atomic mass is 10.1. The van der Waals surface area contributed by atoms with Gasteiger partial charge in [0.25, 0.3) is 0 Å². The average molecular weight is 302 g/mol. The van der Waals surface area contributed by atoms with Crippen molar-refractivity contribution in [3.05, 3.63) is 46.3 Å². The molecule has 0 saturated heterocycles. The fourth-order valence-electron chi connectivity index (χ4n) is 1.72. The molecule has 18 heavy (non-hydrogen) atoms. The summed E-state index contributed by atoms with van der Waals surface area (Å²) in [6, 6.07) is 12.0. The zero-order valence-electron chi connectivity index (χ0n) is 10.0. The molecule has 0 spiro atoms. The second kappa shape index (κ2) is 5.74. The third kappa shape index (κ3) is 2.93. The molecule has 0 atom stereocenters. The standard InChI is InChI=1S/C14H12BrN3/c1-10-9-13(11-5-2-3-6-12(11)15)18-14(17-10)7-4-8-16/h2-3,5-6,9H,4,7H2,1H3. The number of aromatic nitrogens is 2. The van der Waals surface area contributed by atoms with Crippen LogP contribution in [0.3, 0.4) is 0 Å². The Morgan fingerprint density at radius 1 is 1.28 bits per heavy atom. The molecule has 0 unspecified atom stereocenters. The maximum atomic E-state index is 8.61. The second-order valence-corrected chi connectivity index (χ2v) is 4.80. The molecule has 0 aliphatic rings. The van der Waals surface area contributed by atoms with Gasteiger partial charge in [0, 0.05) is 28.6 Å². The van der Waals surface area contributed by atoms with Gasteiger partial charge in [-0.2, -0.15) is 5.26 Å². The Hall–Kier alpha value is -1.73. The molecular weight excluding hydrogens is 290 g/mol. The maximum Gasteiger partial charge on any atom is 0.130 e. The largest absolute Gasteiger partial charge is 0.238 e. The molecule has 90 valence electrons. The van der Waals surface area contributed by atoms with Crippen LogP contribution in [0.5, 0.6) is 0 Å². The first-order valence-corrected chi connectivity index (χ1v) is 6.46. The summed E-state index contributed by atoms with van der Waals surface area (Å²) in [6.07, 6.45) is 1.04. The van der Waals surface area contributed by atoms with E-state index in [-0.39, 0.29) is 0 Å². The molecule has 3 nitrogen and oxygen atoms in total. The first kappa shape index (κ1) is 12.7. The Labute approximate surface area is 115 Å². The first-order chi connectivity index (χ1) is 8.70. The summed E-state index contributed by atoms with van der Waals surface area (Å²) in [5.74, 6) is 0.724. The van der Waals surface area contributed by atoms with E-state index in [0.717, 1.165) is 27.2 Å². The van der Waals surface area contributed by atoms with Crippen molar-refractivity contribution in [1.82, 2.24) is 9.97 Å². The quantitative estimate of drug-likeness (QED) is 0.869. The van der Waals surface area contributed by atoms with Gasteiger partial charge in [0.15, 0.2) is 0 Å². The Morgan fingerprint density at radius 3 is 2.78 bits per heavy atom. The highest BCUT2D eigenvalue weighted by Crippen LogP contribution is 2.26. The van der Waals surface area contributed by atoms with Crippen LogP contribution in [-0.4, -0.2) is 9.97 Å². The van der Waals surface area contributed by atoms with Gasteiger partial charge in [-0.3, -0.25) is 0 Å². The van der Waals surface area contributed by atoms with Gasteiger partial charge in [-0.25, -0.2) is 9.97 Å². The van der Waals surface area contributed by atoms with E-state index in [0.29, 0.717) is 12.8 Å². The molecular formula is C14H12BrN3. The highest BCUT2D eigenvalue weighted by atomic mass is 79.9. The summed E-state index contributed by atoms with van der Waals surface area (Å²) in [7, 11) is 0. The molecule has 0 aliphatic heterocycles. The van der Waals surface area contributed by atoms with Crippen molar-refractivity contribution >= 4 is 15.9 Å². The number of rotatable bonds is 3. The van der Waals surface area contributed by atoms with Crippen molar-refractivity contribution in [2.24, 2.45) is 0 Å². The van der Waals surface area contributed by atoms with E-state index >= 15 is 0 Å². The maximum absolute atomic E-state index is 8.61.